The molecule has 1 atom stereocenters. The number of sulfonamides is 1. The summed E-state index contributed by atoms with van der Waals surface area (Å²) in [6.07, 6.45) is 3.50. The van der Waals surface area contributed by atoms with E-state index < -0.39 is 10.0 Å². The smallest absolute Gasteiger partial charge is 0.262 e. The summed E-state index contributed by atoms with van der Waals surface area (Å²) in [6.45, 7) is 2.97. The molecule has 4 rings (SSSR count). The van der Waals surface area contributed by atoms with E-state index in [1.165, 1.54) is 6.20 Å². The molecule has 1 aliphatic rings. The molecule has 9 heteroatoms. The first-order valence-corrected chi connectivity index (χ1v) is 12.1. The van der Waals surface area contributed by atoms with Gasteiger partial charge in [0.15, 0.2) is 0 Å². The van der Waals surface area contributed by atoms with Crippen molar-refractivity contribution in [2.45, 2.75) is 30.8 Å². The number of hydrogen-bond donors (Lipinski definition) is 2. The van der Waals surface area contributed by atoms with E-state index >= 15 is 0 Å². The van der Waals surface area contributed by atoms with Gasteiger partial charge in [-0.1, -0.05) is 18.2 Å². The second-order valence-electron chi connectivity index (χ2n) is 7.73. The van der Waals surface area contributed by atoms with E-state index in [1.807, 2.05) is 0 Å². The quantitative estimate of drug-likeness (QED) is 0.521. The molecule has 0 aliphatic carbocycles. The molecule has 1 amide bonds. The van der Waals surface area contributed by atoms with Gasteiger partial charge in [-0.15, -0.1) is 0 Å². The number of benzene rings is 2. The predicted molar refractivity (Wildman–Crippen MR) is 124 cm³/mol. The average molecular weight is 468 g/mol. The Labute approximate surface area is 193 Å². The molecule has 2 heterocycles. The van der Waals surface area contributed by atoms with Crippen molar-refractivity contribution in [3.05, 3.63) is 78.0 Å². The number of pyridine rings is 1. The minimum absolute atomic E-state index is 0.0775. The van der Waals surface area contributed by atoms with E-state index in [4.69, 9.17) is 9.47 Å². The van der Waals surface area contributed by atoms with Crippen LogP contribution >= 0.6 is 0 Å². The molecular formula is C24H25N3O5S. The zero-order valence-electron chi connectivity index (χ0n) is 18.2. The van der Waals surface area contributed by atoms with Gasteiger partial charge >= 0.3 is 0 Å². The Hall–Kier alpha value is -3.43. The number of carbonyl (C=O) groups is 1. The molecule has 1 saturated heterocycles. The summed E-state index contributed by atoms with van der Waals surface area (Å²) >= 11 is 0. The van der Waals surface area contributed by atoms with Crippen LogP contribution in [-0.2, 0) is 14.8 Å². The second-order valence-corrected chi connectivity index (χ2v) is 9.38. The normalized spacial score (nSPS) is 15.7. The van der Waals surface area contributed by atoms with Crippen molar-refractivity contribution in [2.24, 2.45) is 0 Å². The maximum absolute atomic E-state index is 12.6. The fraction of sp³-hybridized carbons (Fsp3) is 0.250. The van der Waals surface area contributed by atoms with Crippen LogP contribution in [0.25, 0.3) is 0 Å². The lowest BCUT2D eigenvalue weighted by molar-refractivity contribution is 0.0857. The van der Waals surface area contributed by atoms with E-state index in [2.05, 4.69) is 15.0 Å². The van der Waals surface area contributed by atoms with Gasteiger partial charge in [-0.25, -0.2) is 13.4 Å². The van der Waals surface area contributed by atoms with Crippen molar-refractivity contribution in [1.82, 2.24) is 10.3 Å². The summed E-state index contributed by atoms with van der Waals surface area (Å²) in [4.78, 5) is 16.7. The van der Waals surface area contributed by atoms with Crippen LogP contribution in [0.1, 0.15) is 28.8 Å². The molecular weight excluding hydrogens is 442 g/mol. The van der Waals surface area contributed by atoms with E-state index in [0.29, 0.717) is 35.0 Å². The average Bonchev–Trinajstić information content (AvgIpc) is 3.33. The number of aromatic nitrogens is 1. The molecule has 172 valence electrons. The van der Waals surface area contributed by atoms with Gasteiger partial charge < -0.3 is 14.8 Å². The zero-order valence-corrected chi connectivity index (χ0v) is 19.0. The third-order valence-corrected chi connectivity index (χ3v) is 6.77. The number of ether oxygens (including phenoxy) is 2. The zero-order chi connectivity index (χ0) is 23.3. The van der Waals surface area contributed by atoms with Crippen LogP contribution in [0.15, 0.2) is 71.8 Å². The Morgan fingerprint density at radius 1 is 1.12 bits per heavy atom. The second kappa shape index (κ2) is 10.0. The maximum atomic E-state index is 12.6. The monoisotopic (exact) mass is 467 g/mol. The Kier molecular flexibility index (Phi) is 6.90. The van der Waals surface area contributed by atoms with Crippen LogP contribution < -0.4 is 14.8 Å². The first-order valence-electron chi connectivity index (χ1n) is 10.6. The molecule has 33 heavy (non-hydrogen) atoms. The third kappa shape index (κ3) is 5.88. The topological polar surface area (TPSA) is 107 Å². The summed E-state index contributed by atoms with van der Waals surface area (Å²) in [6, 6.07) is 16.5. The van der Waals surface area contributed by atoms with Gasteiger partial charge in [0.2, 0.25) is 5.88 Å². The van der Waals surface area contributed by atoms with Gasteiger partial charge in [0.05, 0.1) is 16.6 Å². The Balaban J connectivity index is 1.34. The highest BCUT2D eigenvalue weighted by molar-refractivity contribution is 7.92. The van der Waals surface area contributed by atoms with E-state index in [1.54, 1.807) is 67.6 Å². The third-order valence-electron chi connectivity index (χ3n) is 5.22. The molecule has 1 aromatic heterocycles. The first kappa shape index (κ1) is 22.8. The van der Waals surface area contributed by atoms with Crippen molar-refractivity contribution < 1.29 is 22.7 Å². The van der Waals surface area contributed by atoms with Gasteiger partial charge in [-0.05, 0) is 61.7 Å². The van der Waals surface area contributed by atoms with E-state index in [-0.39, 0.29) is 16.9 Å². The fourth-order valence-electron chi connectivity index (χ4n) is 3.47. The number of hydrogen-bond acceptors (Lipinski definition) is 6. The van der Waals surface area contributed by atoms with Crippen LogP contribution in [0.3, 0.4) is 0 Å². The molecule has 0 saturated carbocycles. The van der Waals surface area contributed by atoms with Gasteiger partial charge in [-0.3, -0.25) is 9.52 Å². The summed E-state index contributed by atoms with van der Waals surface area (Å²) in [5.74, 6) is 0.589. The molecule has 0 bridgehead atoms. The van der Waals surface area contributed by atoms with E-state index in [0.717, 1.165) is 19.4 Å². The summed E-state index contributed by atoms with van der Waals surface area (Å²) in [5.41, 5.74) is 1.51. The Bertz CT molecular complexity index is 1210. The number of nitrogens with one attached hydrogen (secondary N) is 2. The highest BCUT2D eigenvalue weighted by Crippen LogP contribution is 2.24. The van der Waals surface area contributed by atoms with Crippen LogP contribution in [0, 0.1) is 6.92 Å². The molecule has 1 fully saturated rings. The fourth-order valence-corrected chi connectivity index (χ4v) is 4.77. The van der Waals surface area contributed by atoms with Crippen molar-refractivity contribution in [3.8, 4) is 11.6 Å². The predicted octanol–water partition coefficient (Wildman–Crippen LogP) is 3.89. The Morgan fingerprint density at radius 2 is 1.91 bits per heavy atom. The highest BCUT2D eigenvalue weighted by Gasteiger charge is 2.18. The largest absolute Gasteiger partial charge is 0.439 e. The minimum Gasteiger partial charge on any atom is -0.439 e. The molecule has 2 N–H and O–H groups in total. The lowest BCUT2D eigenvalue weighted by atomic mass is 10.2. The molecule has 3 aromatic rings. The molecule has 0 radical (unpaired) electrons. The van der Waals surface area contributed by atoms with E-state index in [9.17, 15) is 13.2 Å². The summed E-state index contributed by atoms with van der Waals surface area (Å²) < 4.78 is 39.0. The molecule has 0 spiro atoms. The minimum atomic E-state index is -3.69. The summed E-state index contributed by atoms with van der Waals surface area (Å²) in [7, 11) is -3.69. The number of aryl methyl sites for hydroxylation is 1. The number of rotatable bonds is 8. The van der Waals surface area contributed by atoms with Crippen molar-refractivity contribution in [1.29, 1.82) is 0 Å². The molecule has 2 aromatic carbocycles. The van der Waals surface area contributed by atoms with Crippen molar-refractivity contribution in [2.75, 3.05) is 17.9 Å². The molecule has 1 unspecified atom stereocenters. The lowest BCUT2D eigenvalue weighted by Crippen LogP contribution is -2.31. The van der Waals surface area contributed by atoms with Gasteiger partial charge in [0.25, 0.3) is 15.9 Å². The van der Waals surface area contributed by atoms with Crippen LogP contribution in [0.2, 0.25) is 0 Å². The van der Waals surface area contributed by atoms with Gasteiger partial charge in [0.1, 0.15) is 5.75 Å². The summed E-state index contributed by atoms with van der Waals surface area (Å²) in [5, 5.41) is 2.85. The highest BCUT2D eigenvalue weighted by atomic mass is 32.2. The van der Waals surface area contributed by atoms with Gasteiger partial charge in [0, 0.05) is 31.1 Å². The van der Waals surface area contributed by atoms with Crippen LogP contribution in [0.5, 0.6) is 11.6 Å². The van der Waals surface area contributed by atoms with Crippen LogP contribution in [-0.4, -0.2) is 38.6 Å². The first-order chi connectivity index (χ1) is 15.9. The number of amides is 1. The van der Waals surface area contributed by atoms with Gasteiger partial charge in [-0.2, -0.15) is 0 Å². The standard InChI is InChI=1S/C24H25N3O5S/c1-17-5-2-3-7-22(17)33(29,30)27-19-9-11-20(12-10-19)32-23-13-8-18(15-25-23)24(28)26-16-21-6-4-14-31-21/h2-3,5,7-13,15,21,27H,4,6,14,16H2,1H3,(H,26,28). The molecule has 8 nitrogen and oxygen atoms in total. The SMILES string of the molecule is Cc1ccccc1S(=O)(=O)Nc1ccc(Oc2ccc(C(=O)NCC3CCCO3)cn2)cc1. The molecule has 1 aliphatic heterocycles. The number of carbonyl (C=O) groups excluding carboxylic acids is 1. The van der Waals surface area contributed by atoms with Crippen LogP contribution in [0.4, 0.5) is 5.69 Å². The number of nitrogens with zero attached hydrogens (tertiary/aromatic N) is 1. The number of anilines is 1. The maximum Gasteiger partial charge on any atom is 0.262 e. The van der Waals surface area contributed by atoms with Crippen molar-refractivity contribution in [3.63, 3.8) is 0 Å². The Morgan fingerprint density at radius 3 is 2.58 bits per heavy atom. The van der Waals surface area contributed by atoms with Crippen molar-refractivity contribution >= 4 is 21.6 Å². The lowest BCUT2D eigenvalue weighted by Gasteiger charge is -2.11.